The van der Waals surface area contributed by atoms with Gasteiger partial charge in [-0.2, -0.15) is 0 Å². The van der Waals surface area contributed by atoms with Crippen molar-refractivity contribution in [3.8, 4) is 11.1 Å². The van der Waals surface area contributed by atoms with E-state index >= 15 is 0 Å². The minimum absolute atomic E-state index is 0.100. The molecule has 0 bridgehead atoms. The van der Waals surface area contributed by atoms with Crippen LogP contribution in [0.4, 0.5) is 5.69 Å². The standard InChI is InChI=1S/C37H30N2O5/c1-4-43-35(40)31-30-26-18-9-6-14-22(26)23-15-7-10-19-27(23)33(30)38-37(32(31)36(41)44-5-2)29-21-13-12-17-25(29)24-16-8-11-20-28(24)34(37)39-42-3/h6-21,38H,4-5H2,1-3H3/b39-34+. The molecule has 0 amide bonds. The van der Waals surface area contributed by atoms with Crippen molar-refractivity contribution in [2.75, 3.05) is 25.6 Å². The quantitative estimate of drug-likeness (QED) is 0.134. The average Bonchev–Trinajstić information content (AvgIpc) is 3.06. The number of esters is 2. The summed E-state index contributed by atoms with van der Waals surface area (Å²) in [5.41, 5.74) is 3.79. The molecule has 7 nitrogen and oxygen atoms in total. The van der Waals surface area contributed by atoms with Gasteiger partial charge in [-0.15, -0.1) is 0 Å². The second-order valence-corrected chi connectivity index (χ2v) is 10.6. The van der Waals surface area contributed by atoms with E-state index in [2.05, 4.69) is 16.5 Å². The molecule has 7 rings (SSSR count). The van der Waals surface area contributed by atoms with Crippen molar-refractivity contribution in [1.29, 1.82) is 0 Å². The van der Waals surface area contributed by atoms with Gasteiger partial charge in [0.2, 0.25) is 0 Å². The third-order valence-corrected chi connectivity index (χ3v) is 8.42. The van der Waals surface area contributed by atoms with Crippen LogP contribution in [0, 0.1) is 0 Å². The number of carbonyl (C=O) groups is 2. The zero-order valence-corrected chi connectivity index (χ0v) is 24.6. The van der Waals surface area contributed by atoms with Gasteiger partial charge < -0.3 is 19.6 Å². The van der Waals surface area contributed by atoms with E-state index in [4.69, 9.17) is 14.3 Å². The molecule has 2 aliphatic rings. The molecule has 0 saturated carbocycles. The highest BCUT2D eigenvalue weighted by Crippen LogP contribution is 2.55. The van der Waals surface area contributed by atoms with Gasteiger partial charge in [0.1, 0.15) is 18.4 Å². The van der Waals surface area contributed by atoms with Crippen LogP contribution >= 0.6 is 0 Å². The monoisotopic (exact) mass is 582 g/mol. The van der Waals surface area contributed by atoms with Gasteiger partial charge in [0.25, 0.3) is 0 Å². The molecule has 1 heterocycles. The van der Waals surface area contributed by atoms with Crippen LogP contribution in [-0.4, -0.2) is 38.0 Å². The topological polar surface area (TPSA) is 86.2 Å². The number of carbonyl (C=O) groups excluding carboxylic acids is 2. The Morgan fingerprint density at radius 2 is 1.23 bits per heavy atom. The van der Waals surface area contributed by atoms with Crippen LogP contribution in [0.5, 0.6) is 0 Å². The Bertz CT molecular complexity index is 2060. The number of nitrogens with zero attached hydrogens (tertiary/aromatic N) is 1. The maximum atomic E-state index is 14.4. The van der Waals surface area contributed by atoms with E-state index in [1.807, 2.05) is 91.0 Å². The van der Waals surface area contributed by atoms with Gasteiger partial charge in [0, 0.05) is 16.5 Å². The van der Waals surface area contributed by atoms with Crippen molar-refractivity contribution in [3.63, 3.8) is 0 Å². The zero-order chi connectivity index (χ0) is 30.4. The van der Waals surface area contributed by atoms with E-state index in [1.54, 1.807) is 13.8 Å². The van der Waals surface area contributed by atoms with Crippen LogP contribution in [0.2, 0.25) is 0 Å². The van der Waals surface area contributed by atoms with E-state index in [-0.39, 0.29) is 24.4 Å². The minimum atomic E-state index is -1.48. The Kier molecular flexibility index (Phi) is 6.66. The predicted molar refractivity (Wildman–Crippen MR) is 172 cm³/mol. The van der Waals surface area contributed by atoms with Gasteiger partial charge >= 0.3 is 11.9 Å². The number of anilines is 1. The molecular formula is C37H30N2O5. The second kappa shape index (κ2) is 10.7. The highest BCUT2D eigenvalue weighted by molar-refractivity contribution is 6.36. The van der Waals surface area contributed by atoms with E-state index in [0.29, 0.717) is 17.0 Å². The smallest absolute Gasteiger partial charge is 0.339 e. The third-order valence-electron chi connectivity index (χ3n) is 8.42. The number of ether oxygens (including phenoxy) is 2. The Balaban J connectivity index is 1.75. The fourth-order valence-corrected chi connectivity index (χ4v) is 6.85. The highest BCUT2D eigenvalue weighted by atomic mass is 16.6. The summed E-state index contributed by atoms with van der Waals surface area (Å²) in [5, 5.41) is 12.1. The summed E-state index contributed by atoms with van der Waals surface area (Å²) in [5.74, 6) is -1.27. The van der Waals surface area contributed by atoms with E-state index < -0.39 is 17.5 Å². The number of oxime groups is 1. The molecule has 7 heteroatoms. The van der Waals surface area contributed by atoms with Crippen molar-refractivity contribution in [1.82, 2.24) is 0 Å². The maximum absolute atomic E-state index is 14.4. The highest BCUT2D eigenvalue weighted by Gasteiger charge is 2.56. The van der Waals surface area contributed by atoms with Crippen molar-refractivity contribution >= 4 is 50.5 Å². The van der Waals surface area contributed by atoms with Gasteiger partial charge in [-0.05, 0) is 46.7 Å². The summed E-state index contributed by atoms with van der Waals surface area (Å²) in [7, 11) is 1.48. The molecule has 0 saturated heterocycles. The predicted octanol–water partition coefficient (Wildman–Crippen LogP) is 7.22. The van der Waals surface area contributed by atoms with Crippen molar-refractivity contribution in [2.45, 2.75) is 19.4 Å². The van der Waals surface area contributed by atoms with Crippen LogP contribution in [0.25, 0.3) is 38.2 Å². The number of hydrogen-bond acceptors (Lipinski definition) is 7. The average molecular weight is 583 g/mol. The number of nitrogens with one attached hydrogen (secondary N) is 1. The molecule has 1 aliphatic heterocycles. The Morgan fingerprint density at radius 3 is 1.91 bits per heavy atom. The van der Waals surface area contributed by atoms with Crippen molar-refractivity contribution in [3.05, 3.63) is 119 Å². The lowest BCUT2D eigenvalue weighted by Crippen LogP contribution is -2.53. The molecule has 0 fully saturated rings. The molecule has 5 aromatic carbocycles. The molecule has 0 aromatic heterocycles. The van der Waals surface area contributed by atoms with E-state index in [9.17, 15) is 9.59 Å². The fourth-order valence-electron chi connectivity index (χ4n) is 6.85. The minimum Gasteiger partial charge on any atom is -0.463 e. The molecule has 44 heavy (non-hydrogen) atoms. The Labute approximate surface area is 254 Å². The Hall–Kier alpha value is -5.43. The molecule has 1 aliphatic carbocycles. The summed E-state index contributed by atoms with van der Waals surface area (Å²) < 4.78 is 11.5. The lowest BCUT2D eigenvalue weighted by atomic mass is 9.64. The summed E-state index contributed by atoms with van der Waals surface area (Å²) in [6.07, 6.45) is 0. The maximum Gasteiger partial charge on any atom is 0.339 e. The first kappa shape index (κ1) is 27.4. The second-order valence-electron chi connectivity index (χ2n) is 10.6. The van der Waals surface area contributed by atoms with Crippen LogP contribution in [0.3, 0.4) is 0 Å². The molecule has 0 radical (unpaired) electrons. The van der Waals surface area contributed by atoms with Crippen molar-refractivity contribution in [2.24, 2.45) is 5.16 Å². The molecule has 1 atom stereocenters. The molecule has 1 spiro atoms. The number of fused-ring (bicyclic) bond motifs is 10. The Morgan fingerprint density at radius 1 is 0.682 bits per heavy atom. The first-order chi connectivity index (χ1) is 21.6. The summed E-state index contributed by atoms with van der Waals surface area (Å²) in [4.78, 5) is 34.3. The lowest BCUT2D eigenvalue weighted by molar-refractivity contribution is -0.140. The molecule has 218 valence electrons. The first-order valence-corrected chi connectivity index (χ1v) is 14.7. The summed E-state index contributed by atoms with van der Waals surface area (Å²) in [6, 6.07) is 31.7. The van der Waals surface area contributed by atoms with Gasteiger partial charge in [0.05, 0.1) is 30.0 Å². The van der Waals surface area contributed by atoms with Crippen molar-refractivity contribution < 1.29 is 23.9 Å². The molecule has 5 aromatic rings. The van der Waals surface area contributed by atoms with Crippen LogP contribution in [-0.2, 0) is 29.4 Å². The third kappa shape index (κ3) is 3.78. The van der Waals surface area contributed by atoms with Crippen LogP contribution < -0.4 is 5.32 Å². The van der Waals surface area contributed by atoms with Gasteiger partial charge in [-0.1, -0.05) is 102 Å². The largest absolute Gasteiger partial charge is 0.463 e. The van der Waals surface area contributed by atoms with E-state index in [1.165, 1.54) is 7.11 Å². The molecule has 1 N–H and O–H groups in total. The van der Waals surface area contributed by atoms with E-state index in [0.717, 1.165) is 43.8 Å². The van der Waals surface area contributed by atoms with Gasteiger partial charge in [-0.25, -0.2) is 9.59 Å². The normalized spacial score (nSPS) is 17.6. The number of hydrogen-bond donors (Lipinski definition) is 1. The fraction of sp³-hybridized carbons (Fsp3) is 0.162. The lowest BCUT2D eigenvalue weighted by Gasteiger charge is -2.46. The number of benzene rings is 5. The number of rotatable bonds is 5. The van der Waals surface area contributed by atoms with Crippen LogP contribution in [0.1, 0.15) is 30.5 Å². The molecular weight excluding hydrogens is 552 g/mol. The van der Waals surface area contributed by atoms with Gasteiger partial charge in [-0.3, -0.25) is 0 Å². The zero-order valence-electron chi connectivity index (χ0n) is 24.6. The summed E-state index contributed by atoms with van der Waals surface area (Å²) in [6.45, 7) is 3.73. The van der Waals surface area contributed by atoms with Crippen LogP contribution in [0.15, 0.2) is 108 Å². The SMILES string of the molecule is CCOC(=O)C1=C(C(=O)OCC)C2(Nc3c1c1ccccc1c1ccccc31)/C(=N/OC)c1ccccc1-c1ccccc12. The van der Waals surface area contributed by atoms with Gasteiger partial charge in [0.15, 0.2) is 0 Å². The molecule has 1 unspecified atom stereocenters. The summed E-state index contributed by atoms with van der Waals surface area (Å²) >= 11 is 0. The first-order valence-electron chi connectivity index (χ1n) is 14.7.